The molecular weight excluding hydrogens is 218 g/mol. The van der Waals surface area contributed by atoms with Crippen LogP contribution in [-0.2, 0) is 21.6 Å². The molecule has 0 aliphatic heterocycles. The summed E-state index contributed by atoms with van der Waals surface area (Å²) in [5.74, 6) is 0. The largest absolute Gasteiger partial charge is 0.726 e. The monoisotopic (exact) mass is 233 g/mol. The fourth-order valence-electron chi connectivity index (χ4n) is 0.820. The molecule has 0 fully saturated rings. The van der Waals surface area contributed by atoms with E-state index in [0.29, 0.717) is 0 Å². The van der Waals surface area contributed by atoms with Gasteiger partial charge in [-0.2, -0.15) is 0 Å². The molecule has 6 heteroatoms. The maximum atomic E-state index is 9.22. The molecular formula is C9H15NO4S. The maximum Gasteiger partial charge on any atom is 0.217 e. The molecule has 0 saturated carbocycles. The van der Waals surface area contributed by atoms with Crippen molar-refractivity contribution < 1.29 is 21.7 Å². The van der Waals surface area contributed by atoms with Gasteiger partial charge in [-0.25, -0.2) is 13.0 Å². The lowest BCUT2D eigenvalue weighted by atomic mass is 10.3. The molecule has 1 heterocycles. The second-order valence-corrected chi connectivity index (χ2v) is 4.18. The van der Waals surface area contributed by atoms with Gasteiger partial charge in [0.25, 0.3) is 0 Å². The Balaban J connectivity index is 0.000000288. The maximum absolute atomic E-state index is 9.22. The van der Waals surface area contributed by atoms with Gasteiger partial charge in [0, 0.05) is 18.6 Å². The second kappa shape index (κ2) is 5.79. The molecule has 0 N–H and O–H groups in total. The summed E-state index contributed by atoms with van der Waals surface area (Å²) < 4.78 is 33.1. The van der Waals surface area contributed by atoms with Crippen molar-refractivity contribution in [1.29, 1.82) is 0 Å². The number of aryl methyl sites for hydroxylation is 3. The lowest BCUT2D eigenvalue weighted by Gasteiger charge is -1.98. The van der Waals surface area contributed by atoms with Crippen molar-refractivity contribution in [2.45, 2.75) is 13.8 Å². The minimum absolute atomic E-state index is 0.808. The summed E-state index contributed by atoms with van der Waals surface area (Å²) in [7, 11) is -1.55. The van der Waals surface area contributed by atoms with Crippen molar-refractivity contribution in [2.75, 3.05) is 7.11 Å². The molecule has 15 heavy (non-hydrogen) atoms. The minimum Gasteiger partial charge on any atom is -0.726 e. The Labute approximate surface area is 90.3 Å². The molecule has 0 atom stereocenters. The SMILES string of the molecule is COS(=O)(=O)[O-].Cc1ccc(C)[n+](C)c1. The first kappa shape index (κ1) is 14.0. The average molecular weight is 233 g/mol. The summed E-state index contributed by atoms with van der Waals surface area (Å²) in [6.07, 6.45) is 2.12. The molecule has 0 bridgehead atoms. The molecule has 1 aromatic heterocycles. The lowest BCUT2D eigenvalue weighted by molar-refractivity contribution is -0.678. The Hall–Kier alpha value is -0.980. The Morgan fingerprint density at radius 3 is 2.07 bits per heavy atom. The first-order valence-electron chi connectivity index (χ1n) is 4.20. The van der Waals surface area contributed by atoms with E-state index >= 15 is 0 Å². The van der Waals surface area contributed by atoms with Gasteiger partial charge in [0.1, 0.15) is 7.05 Å². The van der Waals surface area contributed by atoms with E-state index in [0.717, 1.165) is 7.11 Å². The number of nitrogens with zero attached hydrogens (tertiary/aromatic N) is 1. The highest BCUT2D eigenvalue weighted by Gasteiger charge is 1.96. The topological polar surface area (TPSA) is 70.3 Å². The van der Waals surface area contributed by atoms with Gasteiger partial charge >= 0.3 is 0 Å². The van der Waals surface area contributed by atoms with Gasteiger partial charge in [0.15, 0.2) is 11.9 Å². The molecule has 0 aliphatic carbocycles. The number of rotatable bonds is 1. The minimum atomic E-state index is -4.41. The predicted molar refractivity (Wildman–Crippen MR) is 53.8 cm³/mol. The van der Waals surface area contributed by atoms with E-state index < -0.39 is 10.4 Å². The number of hydrogen-bond acceptors (Lipinski definition) is 4. The van der Waals surface area contributed by atoms with Crippen LogP contribution in [0.25, 0.3) is 0 Å². The Kier molecular flexibility index (Phi) is 5.41. The van der Waals surface area contributed by atoms with Crippen LogP contribution < -0.4 is 4.57 Å². The van der Waals surface area contributed by atoms with Gasteiger partial charge < -0.3 is 4.55 Å². The number of pyridine rings is 1. The molecule has 1 aromatic rings. The van der Waals surface area contributed by atoms with E-state index in [1.54, 1.807) is 0 Å². The Morgan fingerprint density at radius 2 is 1.80 bits per heavy atom. The first-order chi connectivity index (χ1) is 6.76. The van der Waals surface area contributed by atoms with Crippen LogP contribution in [0, 0.1) is 13.8 Å². The van der Waals surface area contributed by atoms with Crippen molar-refractivity contribution in [3.8, 4) is 0 Å². The summed E-state index contributed by atoms with van der Waals surface area (Å²) in [4.78, 5) is 0. The standard InChI is InChI=1S/C8H12N.CH4O4S/c1-7-4-5-8(2)9(3)6-7;1-5-6(2,3)4/h4-6H,1-3H3;1H3,(H,2,3,4)/q+1;/p-1. The highest BCUT2D eigenvalue weighted by Crippen LogP contribution is 1.92. The van der Waals surface area contributed by atoms with E-state index in [4.69, 9.17) is 0 Å². The van der Waals surface area contributed by atoms with Crippen LogP contribution in [0.3, 0.4) is 0 Å². The van der Waals surface area contributed by atoms with Crippen molar-refractivity contribution in [3.63, 3.8) is 0 Å². The number of hydrogen-bond donors (Lipinski definition) is 0. The second-order valence-electron chi connectivity index (χ2n) is 3.03. The van der Waals surface area contributed by atoms with Crippen LogP contribution in [-0.4, -0.2) is 20.1 Å². The summed E-state index contributed by atoms with van der Waals surface area (Å²) >= 11 is 0. The quantitative estimate of drug-likeness (QED) is 0.395. The zero-order valence-corrected chi connectivity index (χ0v) is 10.0. The van der Waals surface area contributed by atoms with Gasteiger partial charge in [-0.15, -0.1) is 0 Å². The van der Waals surface area contributed by atoms with Crippen molar-refractivity contribution in [3.05, 3.63) is 29.6 Å². The normalized spacial score (nSPS) is 10.5. The molecule has 0 aromatic carbocycles. The third-order valence-corrected chi connectivity index (χ3v) is 2.15. The fraction of sp³-hybridized carbons (Fsp3) is 0.444. The summed E-state index contributed by atoms with van der Waals surface area (Å²) in [6, 6.07) is 4.24. The molecule has 0 spiro atoms. The van der Waals surface area contributed by atoms with Crippen LogP contribution in [0.2, 0.25) is 0 Å². The highest BCUT2D eigenvalue weighted by molar-refractivity contribution is 7.80. The van der Waals surface area contributed by atoms with E-state index in [1.165, 1.54) is 11.3 Å². The van der Waals surface area contributed by atoms with Crippen molar-refractivity contribution in [2.24, 2.45) is 7.05 Å². The van der Waals surface area contributed by atoms with Crippen LogP contribution in [0.4, 0.5) is 0 Å². The zero-order chi connectivity index (χ0) is 12.1. The van der Waals surface area contributed by atoms with E-state index in [2.05, 4.69) is 48.0 Å². The van der Waals surface area contributed by atoms with Gasteiger partial charge in [-0.3, -0.25) is 4.18 Å². The smallest absolute Gasteiger partial charge is 0.217 e. The van der Waals surface area contributed by atoms with Crippen molar-refractivity contribution >= 4 is 10.4 Å². The van der Waals surface area contributed by atoms with E-state index in [1.807, 2.05) is 0 Å². The molecule has 0 saturated heterocycles. The fourth-order valence-corrected chi connectivity index (χ4v) is 0.820. The Morgan fingerprint density at radius 1 is 1.33 bits per heavy atom. The van der Waals surface area contributed by atoms with Crippen LogP contribution >= 0.6 is 0 Å². The van der Waals surface area contributed by atoms with E-state index in [-0.39, 0.29) is 0 Å². The van der Waals surface area contributed by atoms with Crippen LogP contribution in [0.1, 0.15) is 11.3 Å². The molecule has 5 nitrogen and oxygen atoms in total. The molecule has 86 valence electrons. The average Bonchev–Trinajstić information content (AvgIpc) is 2.12. The summed E-state index contributed by atoms with van der Waals surface area (Å²) in [5, 5.41) is 0. The lowest BCUT2D eigenvalue weighted by Crippen LogP contribution is -2.31. The van der Waals surface area contributed by atoms with Crippen LogP contribution in [0.5, 0.6) is 0 Å². The Bertz CT molecular complexity index is 414. The highest BCUT2D eigenvalue weighted by atomic mass is 32.3. The molecule has 0 radical (unpaired) electrons. The van der Waals surface area contributed by atoms with Gasteiger partial charge in [-0.05, 0) is 13.0 Å². The van der Waals surface area contributed by atoms with Gasteiger partial charge in [0.2, 0.25) is 10.4 Å². The summed E-state index contributed by atoms with van der Waals surface area (Å²) in [6.45, 7) is 4.19. The third kappa shape index (κ3) is 7.01. The van der Waals surface area contributed by atoms with Gasteiger partial charge in [-0.1, -0.05) is 0 Å². The van der Waals surface area contributed by atoms with E-state index in [9.17, 15) is 13.0 Å². The summed E-state index contributed by atoms with van der Waals surface area (Å²) in [5.41, 5.74) is 2.60. The zero-order valence-electron chi connectivity index (χ0n) is 9.22. The molecule has 0 unspecified atom stereocenters. The van der Waals surface area contributed by atoms with Crippen molar-refractivity contribution in [1.82, 2.24) is 0 Å². The van der Waals surface area contributed by atoms with Crippen LogP contribution in [0.15, 0.2) is 18.3 Å². The number of aromatic nitrogens is 1. The molecule has 0 aliphatic rings. The first-order valence-corrected chi connectivity index (χ1v) is 5.54. The van der Waals surface area contributed by atoms with Gasteiger partial charge in [0.05, 0.1) is 7.11 Å². The predicted octanol–water partition coefficient (Wildman–Crippen LogP) is 0.221. The molecule has 0 amide bonds. The molecule has 1 rings (SSSR count). The third-order valence-electron chi connectivity index (χ3n) is 1.75.